The molecular weight excluding hydrogens is 340 g/mol. The smallest absolute Gasteiger partial charge is 0.387 e. The van der Waals surface area contributed by atoms with Gasteiger partial charge in [-0.2, -0.15) is 9.83 Å². The van der Waals surface area contributed by atoms with Gasteiger partial charge in [-0.25, -0.2) is 9.36 Å². The van der Waals surface area contributed by atoms with Crippen molar-refractivity contribution in [1.29, 1.82) is 10.7 Å². The Labute approximate surface area is 158 Å². The number of amides is 1. The number of nitrogens with one attached hydrogen (secondary N) is 2. The Morgan fingerprint density at radius 2 is 2.11 bits per heavy atom. The van der Waals surface area contributed by atoms with E-state index < -0.39 is 0 Å². The molecule has 0 bridgehead atoms. The number of rotatable bonds is 3. The maximum absolute atomic E-state index is 12.6. The Kier molecular flexibility index (Phi) is 5.36. The molecule has 2 heterocycles. The molecular formula is C20H23N6O+. The van der Waals surface area contributed by atoms with Crippen molar-refractivity contribution in [2.75, 3.05) is 25.5 Å². The van der Waals surface area contributed by atoms with Crippen LogP contribution >= 0.6 is 0 Å². The number of imidazole rings is 1. The van der Waals surface area contributed by atoms with Crippen LogP contribution in [-0.2, 0) is 7.05 Å². The Bertz CT molecular complexity index is 940. The quantitative estimate of drug-likeness (QED) is 0.498. The molecule has 2 N–H and O–H groups in total. The van der Waals surface area contributed by atoms with E-state index in [1.54, 1.807) is 24.1 Å². The molecule has 0 aliphatic carbocycles. The number of carbonyl (C=O) groups is 1. The van der Waals surface area contributed by atoms with Gasteiger partial charge in [0, 0.05) is 37.5 Å². The van der Waals surface area contributed by atoms with Gasteiger partial charge in [0.1, 0.15) is 12.4 Å². The summed E-state index contributed by atoms with van der Waals surface area (Å²) in [5.74, 6) is 0. The molecule has 1 aliphatic rings. The minimum Gasteiger partial charge on any atom is -0.387 e. The lowest BCUT2D eigenvalue weighted by atomic mass is 9.92. The summed E-state index contributed by atoms with van der Waals surface area (Å²) in [5, 5.41) is 20.5. The summed E-state index contributed by atoms with van der Waals surface area (Å²) in [4.78, 5) is 14.4. The third kappa shape index (κ3) is 3.60. The number of carbonyl (C=O) groups excluding carboxylic acids is 1. The molecule has 0 radical (unpaired) electrons. The van der Waals surface area contributed by atoms with Crippen molar-refractivity contribution in [3.8, 4) is 6.07 Å². The molecule has 0 unspecified atom stereocenters. The molecule has 1 fully saturated rings. The van der Waals surface area contributed by atoms with Crippen molar-refractivity contribution in [2.45, 2.75) is 12.8 Å². The van der Waals surface area contributed by atoms with E-state index in [2.05, 4.69) is 11.4 Å². The van der Waals surface area contributed by atoms with E-state index >= 15 is 0 Å². The molecule has 1 aromatic carbocycles. The number of benzene rings is 1. The zero-order valence-electron chi connectivity index (χ0n) is 15.6. The SMILES string of the molecule is CNc1c(C=N)cccc1C(C#N)=C1CCN(C(=O)n2cc[n+](C)c2)CC1. The monoisotopic (exact) mass is 363 g/mol. The average Bonchev–Trinajstić information content (AvgIpc) is 3.14. The van der Waals surface area contributed by atoms with Gasteiger partial charge in [-0.1, -0.05) is 18.2 Å². The number of anilines is 1. The van der Waals surface area contributed by atoms with Crippen molar-refractivity contribution in [3.63, 3.8) is 0 Å². The normalized spacial score (nSPS) is 13.8. The third-order valence-corrected chi connectivity index (χ3v) is 4.86. The number of aryl methyl sites for hydroxylation is 1. The van der Waals surface area contributed by atoms with Gasteiger partial charge in [0.2, 0.25) is 0 Å². The summed E-state index contributed by atoms with van der Waals surface area (Å²) >= 11 is 0. The molecule has 2 aromatic rings. The Morgan fingerprint density at radius 1 is 1.37 bits per heavy atom. The van der Waals surface area contributed by atoms with Gasteiger partial charge in [-0.15, -0.1) is 0 Å². The minimum atomic E-state index is -0.0464. The van der Waals surface area contributed by atoms with Gasteiger partial charge < -0.3 is 15.6 Å². The minimum absolute atomic E-state index is 0.0464. The van der Waals surface area contributed by atoms with Crippen molar-refractivity contribution in [1.82, 2.24) is 9.47 Å². The summed E-state index contributed by atoms with van der Waals surface area (Å²) in [5.41, 5.74) is 4.04. The van der Waals surface area contributed by atoms with Crippen LogP contribution in [0.5, 0.6) is 0 Å². The van der Waals surface area contributed by atoms with Crippen LogP contribution in [0.15, 0.2) is 42.5 Å². The number of aromatic nitrogens is 2. The van der Waals surface area contributed by atoms with Crippen LogP contribution in [0, 0.1) is 16.7 Å². The second-order valence-corrected chi connectivity index (χ2v) is 6.51. The van der Waals surface area contributed by atoms with Crippen LogP contribution in [0.2, 0.25) is 0 Å². The molecule has 0 spiro atoms. The summed E-state index contributed by atoms with van der Waals surface area (Å²) in [6, 6.07) is 7.91. The maximum Gasteiger partial charge on any atom is 0.415 e. The van der Waals surface area contributed by atoms with Crippen LogP contribution in [0.4, 0.5) is 10.5 Å². The molecule has 7 nitrogen and oxygen atoms in total. The standard InChI is InChI=1S/C20H23N6O/c1-23-19-16(12-21)4-3-5-17(19)18(13-22)15-6-8-25(9-7-15)20(27)26-11-10-24(2)14-26/h3-5,10-12,14,21,23H,6-9H2,1-2H3/q+1. The highest BCUT2D eigenvalue weighted by Gasteiger charge is 2.26. The first-order valence-electron chi connectivity index (χ1n) is 8.85. The number of para-hydroxylation sites is 1. The Morgan fingerprint density at radius 3 is 2.67 bits per heavy atom. The second-order valence-electron chi connectivity index (χ2n) is 6.51. The molecule has 1 saturated heterocycles. The van der Waals surface area contributed by atoms with Gasteiger partial charge in [0.05, 0.1) is 24.4 Å². The number of piperidine rings is 1. The summed E-state index contributed by atoms with van der Waals surface area (Å²) < 4.78 is 3.41. The molecule has 0 saturated carbocycles. The molecule has 7 heteroatoms. The Balaban J connectivity index is 1.84. The number of hydrogen-bond acceptors (Lipinski definition) is 4. The second kappa shape index (κ2) is 7.87. The summed E-state index contributed by atoms with van der Waals surface area (Å²) in [7, 11) is 3.67. The third-order valence-electron chi connectivity index (χ3n) is 4.86. The molecule has 1 aromatic heterocycles. The zero-order chi connectivity index (χ0) is 19.4. The maximum atomic E-state index is 12.6. The van der Waals surface area contributed by atoms with Gasteiger partial charge >= 0.3 is 6.03 Å². The molecule has 0 atom stereocenters. The lowest BCUT2D eigenvalue weighted by Crippen LogP contribution is -2.39. The van der Waals surface area contributed by atoms with Crippen molar-refractivity contribution < 1.29 is 9.36 Å². The van der Waals surface area contributed by atoms with Crippen LogP contribution in [0.1, 0.15) is 24.0 Å². The summed E-state index contributed by atoms with van der Waals surface area (Å²) in [6.07, 6.45) is 7.94. The highest BCUT2D eigenvalue weighted by Crippen LogP contribution is 2.32. The fourth-order valence-corrected chi connectivity index (χ4v) is 3.45. The Hall–Kier alpha value is -3.40. The fraction of sp³-hybridized carbons (Fsp3) is 0.300. The molecule has 138 valence electrons. The van der Waals surface area contributed by atoms with Crippen LogP contribution in [0.3, 0.4) is 0 Å². The first kappa shape index (κ1) is 18.4. The lowest BCUT2D eigenvalue weighted by Gasteiger charge is -2.27. The number of hydrogen-bond donors (Lipinski definition) is 2. The van der Waals surface area contributed by atoms with E-state index in [9.17, 15) is 10.1 Å². The van der Waals surface area contributed by atoms with Crippen LogP contribution in [-0.4, -0.2) is 41.8 Å². The van der Waals surface area contributed by atoms with E-state index in [0.29, 0.717) is 31.5 Å². The van der Waals surface area contributed by atoms with Crippen LogP contribution < -0.4 is 9.88 Å². The highest BCUT2D eigenvalue weighted by atomic mass is 16.2. The number of nitrogens with zero attached hydrogens (tertiary/aromatic N) is 4. The fourth-order valence-electron chi connectivity index (χ4n) is 3.45. The van der Waals surface area contributed by atoms with Crippen molar-refractivity contribution >= 4 is 23.5 Å². The highest BCUT2D eigenvalue weighted by molar-refractivity contribution is 5.95. The van der Waals surface area contributed by atoms with E-state index in [1.807, 2.05) is 40.9 Å². The number of likely N-dealkylation sites (tertiary alicyclic amines) is 1. The van der Waals surface area contributed by atoms with Crippen LogP contribution in [0.25, 0.3) is 5.57 Å². The first-order valence-corrected chi connectivity index (χ1v) is 8.85. The zero-order valence-corrected chi connectivity index (χ0v) is 15.6. The molecule has 3 rings (SSSR count). The van der Waals surface area contributed by atoms with Gasteiger partial charge in [-0.3, -0.25) is 0 Å². The van der Waals surface area contributed by atoms with E-state index in [0.717, 1.165) is 22.4 Å². The lowest BCUT2D eigenvalue weighted by molar-refractivity contribution is -0.670. The molecule has 1 amide bonds. The number of nitriles is 1. The average molecular weight is 363 g/mol. The van der Waals surface area contributed by atoms with E-state index in [1.165, 1.54) is 6.21 Å². The predicted octanol–water partition coefficient (Wildman–Crippen LogP) is 2.39. The number of allylic oxidation sites excluding steroid dienone is 1. The topological polar surface area (TPSA) is 88.8 Å². The van der Waals surface area contributed by atoms with Gasteiger partial charge in [0.25, 0.3) is 6.33 Å². The van der Waals surface area contributed by atoms with E-state index in [4.69, 9.17) is 5.41 Å². The van der Waals surface area contributed by atoms with E-state index in [-0.39, 0.29) is 6.03 Å². The predicted molar refractivity (Wildman–Crippen MR) is 104 cm³/mol. The molecule has 1 aliphatic heterocycles. The van der Waals surface area contributed by atoms with Crippen molar-refractivity contribution in [2.24, 2.45) is 7.05 Å². The molecule has 27 heavy (non-hydrogen) atoms. The van der Waals surface area contributed by atoms with Gasteiger partial charge in [-0.05, 0) is 18.4 Å². The van der Waals surface area contributed by atoms with Gasteiger partial charge in [0.15, 0.2) is 0 Å². The first-order chi connectivity index (χ1) is 13.1. The van der Waals surface area contributed by atoms with Crippen molar-refractivity contribution in [3.05, 3.63) is 53.6 Å². The summed E-state index contributed by atoms with van der Waals surface area (Å²) in [6.45, 7) is 1.17. The largest absolute Gasteiger partial charge is 0.415 e.